The zero-order chi connectivity index (χ0) is 18.0. The number of carbonyl (C=O) groups is 2. The van der Waals surface area contributed by atoms with Crippen LogP contribution in [0.25, 0.3) is 0 Å². The van der Waals surface area contributed by atoms with Crippen molar-refractivity contribution in [3.05, 3.63) is 28.2 Å². The van der Waals surface area contributed by atoms with Crippen LogP contribution in [-0.4, -0.2) is 41.2 Å². The molecule has 0 aliphatic carbocycles. The predicted octanol–water partition coefficient (Wildman–Crippen LogP) is 3.01. The zero-order valence-corrected chi connectivity index (χ0v) is 13.5. The van der Waals surface area contributed by atoms with E-state index in [2.05, 4.69) is 4.74 Å². The molecule has 128 valence electrons. The summed E-state index contributed by atoms with van der Waals surface area (Å²) in [5.74, 6) is -3.64. The molecule has 1 aromatic rings. The Kier molecular flexibility index (Phi) is 6.14. The molecule has 0 aliphatic rings. The molecular weight excluding hydrogens is 385 g/mol. The van der Waals surface area contributed by atoms with Gasteiger partial charge in [0.05, 0.1) is 17.8 Å². The third-order valence-electron chi connectivity index (χ3n) is 2.71. The third kappa shape index (κ3) is 4.00. The van der Waals surface area contributed by atoms with Gasteiger partial charge in [0.25, 0.3) is 5.60 Å². The molecule has 0 saturated heterocycles. The highest BCUT2D eigenvalue weighted by atomic mass is 35.5. The van der Waals surface area contributed by atoms with Gasteiger partial charge in [-0.05, 0) is 18.2 Å². The topological polar surface area (TPSA) is 75.6 Å². The Hall–Kier alpha value is -1.22. The number of hydrogen-bond donors (Lipinski definition) is 2. The normalized spacial score (nSPS) is 15.5. The number of nitrogens with one attached hydrogen (secondary N) is 1. The maximum atomic E-state index is 13.0. The lowest BCUT2D eigenvalue weighted by Crippen LogP contribution is -2.62. The van der Waals surface area contributed by atoms with Gasteiger partial charge in [0.2, 0.25) is 5.91 Å². The number of esters is 1. The van der Waals surface area contributed by atoms with Crippen LogP contribution < -0.4 is 5.32 Å². The number of aliphatic hydroxyl groups is 1. The second-order valence-corrected chi connectivity index (χ2v) is 5.51. The average Bonchev–Trinajstić information content (AvgIpc) is 2.46. The standard InChI is InChI=1S/C12H9Cl3F3NO4/c1-23-10(21)11(22,12(16,17)18)8(15)9(20)19-7-3-2-5(13)4-6(7)14/h2-4,8,22H,1H3,(H,19,20). The van der Waals surface area contributed by atoms with Crippen molar-refractivity contribution in [2.75, 3.05) is 12.4 Å². The Bertz CT molecular complexity index is 626. The summed E-state index contributed by atoms with van der Waals surface area (Å²) in [6.45, 7) is 0. The van der Waals surface area contributed by atoms with Crippen LogP contribution in [0.3, 0.4) is 0 Å². The van der Waals surface area contributed by atoms with Gasteiger partial charge in [0.1, 0.15) is 0 Å². The maximum Gasteiger partial charge on any atom is 0.430 e. The lowest BCUT2D eigenvalue weighted by atomic mass is 9.98. The van der Waals surface area contributed by atoms with Gasteiger partial charge in [-0.1, -0.05) is 23.2 Å². The molecule has 23 heavy (non-hydrogen) atoms. The summed E-state index contributed by atoms with van der Waals surface area (Å²) >= 11 is 16.8. The Morgan fingerprint density at radius 3 is 2.30 bits per heavy atom. The van der Waals surface area contributed by atoms with Gasteiger partial charge in [-0.3, -0.25) is 4.79 Å². The molecule has 0 fully saturated rings. The summed E-state index contributed by atoms with van der Waals surface area (Å²) in [5, 5.41) is 8.98. The molecule has 0 bridgehead atoms. The van der Waals surface area contributed by atoms with Crippen molar-refractivity contribution in [1.29, 1.82) is 0 Å². The van der Waals surface area contributed by atoms with E-state index in [1.807, 2.05) is 5.32 Å². The number of amides is 1. The van der Waals surface area contributed by atoms with Crippen molar-refractivity contribution in [2.45, 2.75) is 17.2 Å². The molecule has 5 nitrogen and oxygen atoms in total. The SMILES string of the molecule is COC(=O)C(O)(C(Cl)C(=O)Nc1ccc(Cl)cc1Cl)C(F)(F)F. The number of anilines is 1. The first-order valence-electron chi connectivity index (χ1n) is 5.72. The quantitative estimate of drug-likeness (QED) is 0.608. The summed E-state index contributed by atoms with van der Waals surface area (Å²) in [5.41, 5.74) is -4.34. The fraction of sp³-hybridized carbons (Fsp3) is 0.333. The zero-order valence-electron chi connectivity index (χ0n) is 11.2. The van der Waals surface area contributed by atoms with Crippen molar-refractivity contribution >= 4 is 52.4 Å². The van der Waals surface area contributed by atoms with E-state index in [1.165, 1.54) is 18.2 Å². The first-order valence-corrected chi connectivity index (χ1v) is 6.92. The fourth-order valence-electron chi connectivity index (χ4n) is 1.50. The lowest BCUT2D eigenvalue weighted by Gasteiger charge is -2.30. The molecule has 0 heterocycles. The summed E-state index contributed by atoms with van der Waals surface area (Å²) in [4.78, 5) is 23.2. The predicted molar refractivity (Wildman–Crippen MR) is 77.8 cm³/mol. The molecule has 1 amide bonds. The minimum Gasteiger partial charge on any atom is -0.467 e. The first kappa shape index (κ1) is 19.8. The number of benzene rings is 1. The van der Waals surface area contributed by atoms with Gasteiger partial charge >= 0.3 is 12.1 Å². The molecule has 2 N–H and O–H groups in total. The molecule has 0 spiro atoms. The van der Waals surface area contributed by atoms with Gasteiger partial charge < -0.3 is 15.2 Å². The summed E-state index contributed by atoms with van der Waals surface area (Å²) < 4.78 is 42.8. The van der Waals surface area contributed by atoms with Crippen molar-refractivity contribution in [3.63, 3.8) is 0 Å². The van der Waals surface area contributed by atoms with E-state index in [0.717, 1.165) is 0 Å². The van der Waals surface area contributed by atoms with Crippen molar-refractivity contribution < 1.29 is 32.6 Å². The minimum atomic E-state index is -5.55. The van der Waals surface area contributed by atoms with Gasteiger partial charge in [-0.15, -0.1) is 11.6 Å². The number of halogens is 6. The Balaban J connectivity index is 3.12. The highest BCUT2D eigenvalue weighted by Crippen LogP contribution is 2.37. The second-order valence-electron chi connectivity index (χ2n) is 4.23. The van der Waals surface area contributed by atoms with Crippen molar-refractivity contribution in [3.8, 4) is 0 Å². The van der Waals surface area contributed by atoms with Crippen LogP contribution >= 0.6 is 34.8 Å². The van der Waals surface area contributed by atoms with E-state index in [4.69, 9.17) is 34.8 Å². The Morgan fingerprint density at radius 2 is 1.87 bits per heavy atom. The summed E-state index contributed by atoms with van der Waals surface area (Å²) in [7, 11) is 0.608. The lowest BCUT2D eigenvalue weighted by molar-refractivity contribution is -0.260. The maximum absolute atomic E-state index is 13.0. The van der Waals surface area contributed by atoms with E-state index in [0.29, 0.717) is 7.11 Å². The Labute approximate surface area is 143 Å². The highest BCUT2D eigenvalue weighted by molar-refractivity contribution is 6.38. The van der Waals surface area contributed by atoms with Crippen LogP contribution in [0.2, 0.25) is 10.0 Å². The smallest absolute Gasteiger partial charge is 0.430 e. The molecule has 0 aromatic heterocycles. The molecule has 2 atom stereocenters. The molecule has 2 unspecified atom stereocenters. The molecule has 1 rings (SSSR count). The second kappa shape index (κ2) is 7.12. The van der Waals surface area contributed by atoms with E-state index < -0.39 is 29.0 Å². The average molecular weight is 395 g/mol. The van der Waals surface area contributed by atoms with Crippen LogP contribution in [0, 0.1) is 0 Å². The molecule has 11 heteroatoms. The summed E-state index contributed by atoms with van der Waals surface area (Å²) in [6, 6.07) is 3.73. The van der Waals surface area contributed by atoms with Crippen LogP contribution in [-0.2, 0) is 14.3 Å². The number of alkyl halides is 4. The number of hydrogen-bond acceptors (Lipinski definition) is 4. The van der Waals surface area contributed by atoms with E-state index in [-0.39, 0.29) is 15.7 Å². The van der Waals surface area contributed by atoms with E-state index >= 15 is 0 Å². The van der Waals surface area contributed by atoms with Gasteiger partial charge in [-0.25, -0.2) is 4.79 Å². The van der Waals surface area contributed by atoms with Crippen molar-refractivity contribution in [2.24, 2.45) is 0 Å². The fourth-order valence-corrected chi connectivity index (χ4v) is 2.22. The molecular formula is C12H9Cl3F3NO4. The number of rotatable bonds is 4. The van der Waals surface area contributed by atoms with E-state index in [9.17, 15) is 27.9 Å². The van der Waals surface area contributed by atoms with Gasteiger partial charge in [0, 0.05) is 5.02 Å². The van der Waals surface area contributed by atoms with Crippen LogP contribution in [0.4, 0.5) is 18.9 Å². The van der Waals surface area contributed by atoms with Gasteiger partial charge in [0.15, 0.2) is 5.38 Å². The molecule has 1 aromatic carbocycles. The van der Waals surface area contributed by atoms with Crippen LogP contribution in [0.15, 0.2) is 18.2 Å². The van der Waals surface area contributed by atoms with Gasteiger partial charge in [-0.2, -0.15) is 13.2 Å². The summed E-state index contributed by atoms with van der Waals surface area (Å²) in [6.07, 6.45) is -5.55. The molecule has 0 radical (unpaired) electrons. The Morgan fingerprint density at radius 1 is 1.30 bits per heavy atom. The largest absolute Gasteiger partial charge is 0.467 e. The minimum absolute atomic E-state index is 0.0802. The molecule has 0 saturated carbocycles. The van der Waals surface area contributed by atoms with Crippen LogP contribution in [0.5, 0.6) is 0 Å². The first-order chi connectivity index (χ1) is 10.4. The number of methoxy groups -OCH3 is 1. The number of carbonyl (C=O) groups excluding carboxylic acids is 2. The third-order valence-corrected chi connectivity index (χ3v) is 3.78. The molecule has 0 aliphatic heterocycles. The van der Waals surface area contributed by atoms with E-state index in [1.54, 1.807) is 0 Å². The number of ether oxygens (including phenoxy) is 1. The van der Waals surface area contributed by atoms with Crippen molar-refractivity contribution in [1.82, 2.24) is 0 Å². The monoisotopic (exact) mass is 393 g/mol. The highest BCUT2D eigenvalue weighted by Gasteiger charge is 2.67. The van der Waals surface area contributed by atoms with Crippen LogP contribution in [0.1, 0.15) is 0 Å².